The highest BCUT2D eigenvalue weighted by Crippen LogP contribution is 2.23. The molecule has 2 aromatic heterocycles. The fourth-order valence-electron chi connectivity index (χ4n) is 1.78. The Balaban J connectivity index is 1.87. The van der Waals surface area contributed by atoms with Gasteiger partial charge in [-0.1, -0.05) is 5.16 Å². The van der Waals surface area contributed by atoms with Crippen LogP contribution in [0.1, 0.15) is 18.2 Å². The quantitative estimate of drug-likeness (QED) is 0.802. The number of nitrogens with one attached hydrogen (secondary N) is 1. The molecule has 78 valence electrons. The molecule has 1 aliphatic heterocycles. The van der Waals surface area contributed by atoms with Crippen molar-refractivity contribution in [3.05, 3.63) is 24.2 Å². The molecule has 0 aliphatic carbocycles. The molecular formula is C10H11N3O2. The number of nitrogens with zero attached hydrogens (tertiary/aromatic N) is 2. The molecule has 3 heterocycles. The first-order valence-electron chi connectivity index (χ1n) is 5.01. The van der Waals surface area contributed by atoms with Crippen molar-refractivity contribution in [1.29, 1.82) is 0 Å². The monoisotopic (exact) mass is 205 g/mol. The lowest BCUT2D eigenvalue weighted by molar-refractivity contribution is 0.405. The summed E-state index contributed by atoms with van der Waals surface area (Å²) in [4.78, 5) is 4.32. The van der Waals surface area contributed by atoms with Gasteiger partial charge in [-0.15, -0.1) is 0 Å². The number of rotatable bonds is 2. The topological polar surface area (TPSA) is 64.1 Å². The Morgan fingerprint density at radius 2 is 2.47 bits per heavy atom. The number of hydrogen-bond donors (Lipinski definition) is 1. The van der Waals surface area contributed by atoms with E-state index in [-0.39, 0.29) is 0 Å². The Kier molecular flexibility index (Phi) is 2.03. The lowest BCUT2D eigenvalue weighted by Crippen LogP contribution is -2.08. The summed E-state index contributed by atoms with van der Waals surface area (Å²) in [5.74, 6) is 2.23. The van der Waals surface area contributed by atoms with Gasteiger partial charge in [-0.25, -0.2) is 0 Å². The highest BCUT2D eigenvalue weighted by molar-refractivity contribution is 5.42. The minimum atomic E-state index is 0.373. The zero-order valence-corrected chi connectivity index (χ0v) is 8.14. The lowest BCUT2D eigenvalue weighted by Gasteiger charge is -1.98. The number of hydrogen-bond acceptors (Lipinski definition) is 5. The summed E-state index contributed by atoms with van der Waals surface area (Å²) in [6.45, 7) is 1.95. The van der Waals surface area contributed by atoms with E-state index in [1.165, 1.54) is 0 Å². The Morgan fingerprint density at radius 3 is 3.20 bits per heavy atom. The summed E-state index contributed by atoms with van der Waals surface area (Å²) in [5, 5.41) is 7.24. The van der Waals surface area contributed by atoms with Crippen molar-refractivity contribution >= 4 is 0 Å². The van der Waals surface area contributed by atoms with Crippen LogP contribution < -0.4 is 5.32 Å². The summed E-state index contributed by atoms with van der Waals surface area (Å²) in [7, 11) is 0. The van der Waals surface area contributed by atoms with Gasteiger partial charge in [0.05, 0.1) is 6.26 Å². The van der Waals surface area contributed by atoms with Crippen LogP contribution in [0.5, 0.6) is 0 Å². The van der Waals surface area contributed by atoms with Crippen LogP contribution in [0.25, 0.3) is 11.7 Å². The second-order valence-corrected chi connectivity index (χ2v) is 3.62. The average molecular weight is 205 g/mol. The van der Waals surface area contributed by atoms with E-state index in [9.17, 15) is 0 Å². The first kappa shape index (κ1) is 8.67. The van der Waals surface area contributed by atoms with E-state index in [0.717, 1.165) is 25.3 Å². The largest absolute Gasteiger partial charge is 0.459 e. The van der Waals surface area contributed by atoms with E-state index < -0.39 is 0 Å². The molecule has 3 rings (SSSR count). The molecule has 0 bridgehead atoms. The van der Waals surface area contributed by atoms with Crippen LogP contribution in [-0.4, -0.2) is 23.2 Å². The summed E-state index contributed by atoms with van der Waals surface area (Å²) >= 11 is 0. The van der Waals surface area contributed by atoms with E-state index in [1.54, 1.807) is 12.3 Å². The van der Waals surface area contributed by atoms with Gasteiger partial charge in [0.25, 0.3) is 5.89 Å². The molecule has 15 heavy (non-hydrogen) atoms. The van der Waals surface area contributed by atoms with Crippen molar-refractivity contribution in [2.45, 2.75) is 12.3 Å². The molecule has 0 saturated carbocycles. The van der Waals surface area contributed by atoms with Gasteiger partial charge in [0.2, 0.25) is 0 Å². The van der Waals surface area contributed by atoms with Crippen LogP contribution in [-0.2, 0) is 0 Å². The molecule has 2 aromatic rings. The molecule has 1 aliphatic rings. The van der Waals surface area contributed by atoms with Gasteiger partial charge in [0, 0.05) is 12.5 Å². The molecule has 0 aromatic carbocycles. The SMILES string of the molecule is c1coc(-c2nc([C@H]3CCNC3)no2)c1. The molecule has 0 spiro atoms. The first-order chi connectivity index (χ1) is 7.43. The lowest BCUT2D eigenvalue weighted by atomic mass is 10.1. The summed E-state index contributed by atoms with van der Waals surface area (Å²) in [5.41, 5.74) is 0. The number of furan rings is 1. The first-order valence-corrected chi connectivity index (χ1v) is 5.01. The Bertz CT molecular complexity index is 429. The van der Waals surface area contributed by atoms with Gasteiger partial charge >= 0.3 is 0 Å². The van der Waals surface area contributed by atoms with Crippen molar-refractivity contribution < 1.29 is 8.94 Å². The van der Waals surface area contributed by atoms with Crippen molar-refractivity contribution in [3.8, 4) is 11.7 Å². The standard InChI is InChI=1S/C10H11N3O2/c1-2-8(14-5-1)10-12-9(13-15-10)7-3-4-11-6-7/h1-2,5,7,11H,3-4,6H2/t7-/m0/s1. The fraction of sp³-hybridized carbons (Fsp3) is 0.400. The molecule has 0 radical (unpaired) electrons. The predicted molar refractivity (Wildman–Crippen MR) is 52.2 cm³/mol. The van der Waals surface area contributed by atoms with Gasteiger partial charge in [-0.3, -0.25) is 0 Å². The second kappa shape index (κ2) is 3.51. The highest BCUT2D eigenvalue weighted by atomic mass is 16.5. The van der Waals surface area contributed by atoms with Crippen molar-refractivity contribution in [1.82, 2.24) is 15.5 Å². The molecule has 1 N–H and O–H groups in total. The highest BCUT2D eigenvalue weighted by Gasteiger charge is 2.22. The van der Waals surface area contributed by atoms with E-state index in [4.69, 9.17) is 8.94 Å². The van der Waals surface area contributed by atoms with Gasteiger partial charge in [-0.2, -0.15) is 4.98 Å². The summed E-state index contributed by atoms with van der Waals surface area (Å²) in [6.07, 6.45) is 2.66. The zero-order chi connectivity index (χ0) is 10.1. The average Bonchev–Trinajstić information content (AvgIpc) is 3.02. The maximum Gasteiger partial charge on any atom is 0.293 e. The second-order valence-electron chi connectivity index (χ2n) is 3.62. The van der Waals surface area contributed by atoms with Crippen molar-refractivity contribution in [2.24, 2.45) is 0 Å². The minimum Gasteiger partial charge on any atom is -0.459 e. The van der Waals surface area contributed by atoms with Gasteiger partial charge in [-0.05, 0) is 25.1 Å². The van der Waals surface area contributed by atoms with Gasteiger partial charge in [0.15, 0.2) is 11.6 Å². The minimum absolute atomic E-state index is 0.373. The van der Waals surface area contributed by atoms with Crippen molar-refractivity contribution in [3.63, 3.8) is 0 Å². The fourth-order valence-corrected chi connectivity index (χ4v) is 1.78. The van der Waals surface area contributed by atoms with Crippen molar-refractivity contribution in [2.75, 3.05) is 13.1 Å². The van der Waals surface area contributed by atoms with Crippen LogP contribution >= 0.6 is 0 Å². The zero-order valence-electron chi connectivity index (χ0n) is 8.14. The molecule has 0 unspecified atom stereocenters. The van der Waals surface area contributed by atoms with E-state index in [0.29, 0.717) is 17.6 Å². The van der Waals surface area contributed by atoms with E-state index >= 15 is 0 Å². The maximum atomic E-state index is 5.18. The molecule has 5 heteroatoms. The van der Waals surface area contributed by atoms with Gasteiger partial charge in [0.1, 0.15) is 0 Å². The Hall–Kier alpha value is -1.62. The maximum absolute atomic E-state index is 5.18. The third kappa shape index (κ3) is 1.55. The predicted octanol–water partition coefficient (Wildman–Crippen LogP) is 1.41. The van der Waals surface area contributed by atoms with Crippen LogP contribution in [0, 0.1) is 0 Å². The van der Waals surface area contributed by atoms with Gasteiger partial charge < -0.3 is 14.3 Å². The third-order valence-electron chi connectivity index (χ3n) is 2.60. The molecule has 1 saturated heterocycles. The number of aromatic nitrogens is 2. The Morgan fingerprint density at radius 1 is 1.47 bits per heavy atom. The van der Waals surface area contributed by atoms with Crippen LogP contribution in [0.15, 0.2) is 27.3 Å². The molecular weight excluding hydrogens is 194 g/mol. The summed E-state index contributed by atoms with van der Waals surface area (Å²) < 4.78 is 10.3. The van der Waals surface area contributed by atoms with Crippen LogP contribution in [0.3, 0.4) is 0 Å². The van der Waals surface area contributed by atoms with E-state index in [1.807, 2.05) is 6.07 Å². The molecule has 1 atom stereocenters. The summed E-state index contributed by atoms with van der Waals surface area (Å²) in [6, 6.07) is 3.61. The molecule has 5 nitrogen and oxygen atoms in total. The van der Waals surface area contributed by atoms with E-state index in [2.05, 4.69) is 15.5 Å². The smallest absolute Gasteiger partial charge is 0.293 e. The molecule has 1 fully saturated rings. The normalized spacial score (nSPS) is 20.9. The van der Waals surface area contributed by atoms with Crippen LogP contribution in [0.2, 0.25) is 0 Å². The molecule has 0 amide bonds. The van der Waals surface area contributed by atoms with Crippen LogP contribution in [0.4, 0.5) is 0 Å². The third-order valence-corrected chi connectivity index (χ3v) is 2.60. The Labute approximate surface area is 86.5 Å².